The maximum absolute atomic E-state index is 12.3. The first kappa shape index (κ1) is 16.8. The van der Waals surface area contributed by atoms with Crippen molar-refractivity contribution >= 4 is 17.4 Å². The van der Waals surface area contributed by atoms with E-state index in [0.29, 0.717) is 28.6 Å². The molecule has 5 rings (SSSR count). The van der Waals surface area contributed by atoms with Crippen LogP contribution >= 0.6 is 11.8 Å². The lowest BCUT2D eigenvalue weighted by Gasteiger charge is -2.09. The van der Waals surface area contributed by atoms with E-state index in [1.54, 1.807) is 0 Å². The molecule has 0 bridgehead atoms. The van der Waals surface area contributed by atoms with Crippen LogP contribution in [0.15, 0.2) is 52.5 Å². The third-order valence-corrected chi connectivity index (χ3v) is 5.60. The number of nitrogens with zero attached hydrogens (tertiary/aromatic N) is 6. The molecule has 28 heavy (non-hydrogen) atoms. The molecule has 0 radical (unpaired) electrons. The van der Waals surface area contributed by atoms with Crippen LogP contribution < -0.4 is 5.56 Å². The van der Waals surface area contributed by atoms with Crippen molar-refractivity contribution in [3.8, 4) is 11.8 Å². The highest BCUT2D eigenvalue weighted by atomic mass is 32.2. The maximum Gasteiger partial charge on any atom is 0.272 e. The Morgan fingerprint density at radius 3 is 2.82 bits per heavy atom. The number of hydrogen-bond acceptors (Lipinski definition) is 6. The molecule has 0 amide bonds. The van der Waals surface area contributed by atoms with Gasteiger partial charge >= 0.3 is 0 Å². The molecule has 1 aliphatic rings. The SMILES string of the molecule is N#Cc1c[nH]n2c(=O)cc(CSc3nnc(C4CC4)n3-c3ccccc3)nc12. The number of aromatic amines is 1. The summed E-state index contributed by atoms with van der Waals surface area (Å²) in [4.78, 5) is 16.7. The summed E-state index contributed by atoms with van der Waals surface area (Å²) in [5.41, 5.74) is 2.06. The number of fused-ring (bicyclic) bond motifs is 1. The van der Waals surface area contributed by atoms with Crippen LogP contribution in [0.5, 0.6) is 0 Å². The number of nitriles is 1. The van der Waals surface area contributed by atoms with Crippen LogP contribution in [-0.2, 0) is 5.75 Å². The van der Waals surface area contributed by atoms with E-state index >= 15 is 0 Å². The Morgan fingerprint density at radius 2 is 2.07 bits per heavy atom. The molecule has 138 valence electrons. The quantitative estimate of drug-likeness (QED) is 0.526. The van der Waals surface area contributed by atoms with Crippen LogP contribution in [0.25, 0.3) is 11.3 Å². The maximum atomic E-state index is 12.3. The zero-order chi connectivity index (χ0) is 19.1. The van der Waals surface area contributed by atoms with E-state index < -0.39 is 0 Å². The van der Waals surface area contributed by atoms with Crippen molar-refractivity contribution < 1.29 is 0 Å². The van der Waals surface area contributed by atoms with Crippen molar-refractivity contribution in [1.82, 2.24) is 29.4 Å². The zero-order valence-corrected chi connectivity index (χ0v) is 15.6. The molecule has 3 aromatic heterocycles. The number of aromatic nitrogens is 6. The van der Waals surface area contributed by atoms with Crippen LogP contribution in [0, 0.1) is 11.3 Å². The normalized spacial score (nSPS) is 13.7. The Hall–Kier alpha value is -3.38. The Bertz CT molecular complexity index is 1260. The van der Waals surface area contributed by atoms with Crippen LogP contribution in [0.4, 0.5) is 0 Å². The van der Waals surface area contributed by atoms with Crippen molar-refractivity contribution in [2.45, 2.75) is 29.7 Å². The summed E-state index contributed by atoms with van der Waals surface area (Å²) in [6.07, 6.45) is 3.75. The lowest BCUT2D eigenvalue weighted by molar-refractivity contribution is 0.829. The molecule has 4 aromatic rings. The first-order valence-corrected chi connectivity index (χ1v) is 9.87. The molecule has 1 aromatic carbocycles. The Balaban J connectivity index is 1.49. The topological polar surface area (TPSA) is 105 Å². The molecular weight excluding hydrogens is 374 g/mol. The highest BCUT2D eigenvalue weighted by molar-refractivity contribution is 7.98. The van der Waals surface area contributed by atoms with E-state index in [9.17, 15) is 10.1 Å². The van der Waals surface area contributed by atoms with Gasteiger partial charge in [0.25, 0.3) is 5.56 Å². The van der Waals surface area contributed by atoms with Gasteiger partial charge in [-0.2, -0.15) is 5.26 Å². The van der Waals surface area contributed by atoms with Gasteiger partial charge in [0.05, 0.1) is 5.69 Å². The number of para-hydroxylation sites is 1. The van der Waals surface area contributed by atoms with Gasteiger partial charge in [-0.1, -0.05) is 30.0 Å². The second kappa shape index (κ2) is 6.65. The summed E-state index contributed by atoms with van der Waals surface area (Å²) < 4.78 is 3.36. The van der Waals surface area contributed by atoms with Gasteiger partial charge in [0.1, 0.15) is 17.5 Å². The lowest BCUT2D eigenvalue weighted by Crippen LogP contribution is -2.15. The number of benzene rings is 1. The number of H-pyrrole nitrogens is 1. The molecule has 0 unspecified atom stereocenters. The van der Waals surface area contributed by atoms with Gasteiger partial charge < -0.3 is 0 Å². The minimum absolute atomic E-state index is 0.245. The summed E-state index contributed by atoms with van der Waals surface area (Å²) in [5.74, 6) is 1.89. The smallest absolute Gasteiger partial charge is 0.272 e. The third-order valence-electron chi connectivity index (χ3n) is 4.64. The number of rotatable bonds is 5. The monoisotopic (exact) mass is 389 g/mol. The molecule has 9 heteroatoms. The highest BCUT2D eigenvalue weighted by Crippen LogP contribution is 2.41. The third kappa shape index (κ3) is 2.88. The van der Waals surface area contributed by atoms with Crippen molar-refractivity contribution in [3.05, 3.63) is 70.0 Å². The van der Waals surface area contributed by atoms with Crippen molar-refractivity contribution in [1.29, 1.82) is 5.26 Å². The van der Waals surface area contributed by atoms with E-state index in [4.69, 9.17) is 0 Å². The molecule has 1 saturated carbocycles. The van der Waals surface area contributed by atoms with Crippen molar-refractivity contribution in [2.75, 3.05) is 0 Å². The van der Waals surface area contributed by atoms with E-state index in [-0.39, 0.29) is 5.56 Å². The fraction of sp³-hybridized carbons (Fsp3) is 0.211. The van der Waals surface area contributed by atoms with Gasteiger partial charge in [0.2, 0.25) is 0 Å². The first-order chi connectivity index (χ1) is 13.7. The lowest BCUT2D eigenvalue weighted by atomic mass is 10.3. The largest absolute Gasteiger partial charge is 0.295 e. The first-order valence-electron chi connectivity index (χ1n) is 8.88. The van der Waals surface area contributed by atoms with Gasteiger partial charge in [-0.15, -0.1) is 10.2 Å². The fourth-order valence-corrected chi connectivity index (χ4v) is 3.98. The zero-order valence-electron chi connectivity index (χ0n) is 14.7. The summed E-state index contributed by atoms with van der Waals surface area (Å²) in [6, 6.07) is 13.6. The van der Waals surface area contributed by atoms with Crippen molar-refractivity contribution in [2.24, 2.45) is 0 Å². The summed E-state index contributed by atoms with van der Waals surface area (Å²) in [6.45, 7) is 0. The second-order valence-corrected chi connectivity index (χ2v) is 7.56. The van der Waals surface area contributed by atoms with Gasteiger partial charge in [-0.3, -0.25) is 14.5 Å². The minimum atomic E-state index is -0.245. The van der Waals surface area contributed by atoms with Gasteiger partial charge in [-0.25, -0.2) is 9.50 Å². The average Bonchev–Trinajstić information content (AvgIpc) is 3.34. The molecule has 8 nitrogen and oxygen atoms in total. The van der Waals surface area contributed by atoms with Crippen LogP contribution in [-0.4, -0.2) is 29.4 Å². The number of thioether (sulfide) groups is 1. The highest BCUT2D eigenvalue weighted by Gasteiger charge is 2.31. The Labute approximate surface area is 163 Å². The molecule has 0 aliphatic heterocycles. The summed E-state index contributed by atoms with van der Waals surface area (Å²) in [5, 5.41) is 21.5. The molecule has 0 saturated heterocycles. The van der Waals surface area contributed by atoms with E-state index in [2.05, 4.69) is 24.8 Å². The van der Waals surface area contributed by atoms with E-state index in [1.807, 2.05) is 36.4 Å². The Morgan fingerprint density at radius 1 is 1.25 bits per heavy atom. The number of nitrogens with one attached hydrogen (secondary N) is 1. The Kier molecular flexibility index (Phi) is 3.98. The second-order valence-electron chi connectivity index (χ2n) is 6.62. The molecule has 0 spiro atoms. The van der Waals surface area contributed by atoms with E-state index in [1.165, 1.54) is 28.5 Å². The molecule has 1 aliphatic carbocycles. The van der Waals surface area contributed by atoms with Gasteiger partial charge in [0, 0.05) is 29.6 Å². The molecule has 3 heterocycles. The molecular formula is C19H15N7OS. The molecule has 1 fully saturated rings. The van der Waals surface area contributed by atoms with Crippen molar-refractivity contribution in [3.63, 3.8) is 0 Å². The average molecular weight is 389 g/mol. The summed E-state index contributed by atoms with van der Waals surface area (Å²) in [7, 11) is 0. The molecule has 0 atom stereocenters. The predicted molar refractivity (Wildman–Crippen MR) is 103 cm³/mol. The summed E-state index contributed by atoms with van der Waals surface area (Å²) >= 11 is 1.48. The molecule has 1 N–H and O–H groups in total. The fourth-order valence-electron chi connectivity index (χ4n) is 3.12. The number of hydrogen-bond donors (Lipinski definition) is 1. The van der Waals surface area contributed by atoms with E-state index in [0.717, 1.165) is 29.5 Å². The standard InChI is InChI=1S/C19H15N7OS/c20-9-13-10-21-26-16(27)8-14(22-17(13)26)11-28-19-24-23-18(12-6-7-12)25(19)15-4-2-1-3-5-15/h1-5,8,10,12,21H,6-7,11H2. The minimum Gasteiger partial charge on any atom is -0.295 e. The van der Waals surface area contributed by atoms with Gasteiger partial charge in [-0.05, 0) is 25.0 Å². The van der Waals surface area contributed by atoms with Crippen LogP contribution in [0.3, 0.4) is 0 Å². The van der Waals surface area contributed by atoms with Crippen LogP contribution in [0.2, 0.25) is 0 Å². The predicted octanol–water partition coefficient (Wildman–Crippen LogP) is 2.64. The van der Waals surface area contributed by atoms with Crippen LogP contribution in [0.1, 0.15) is 35.8 Å². The van der Waals surface area contributed by atoms with Gasteiger partial charge in [0.15, 0.2) is 10.8 Å².